The summed E-state index contributed by atoms with van der Waals surface area (Å²) in [4.78, 5) is 13.1. The van der Waals surface area contributed by atoms with Crippen LogP contribution < -0.4 is 10.1 Å². The normalized spacial score (nSPS) is 10.6. The highest BCUT2D eigenvalue weighted by molar-refractivity contribution is 8.00. The zero-order valence-corrected chi connectivity index (χ0v) is 15.0. The lowest BCUT2D eigenvalue weighted by Crippen LogP contribution is -2.27. The molecule has 0 aliphatic rings. The van der Waals surface area contributed by atoms with Gasteiger partial charge < -0.3 is 10.1 Å². The van der Waals surface area contributed by atoms with E-state index < -0.39 is 0 Å². The summed E-state index contributed by atoms with van der Waals surface area (Å²) in [6.45, 7) is 0.642. The van der Waals surface area contributed by atoms with E-state index in [1.54, 1.807) is 18.9 Å². The number of ether oxygens (including phenoxy) is 1. The van der Waals surface area contributed by atoms with Crippen molar-refractivity contribution in [1.82, 2.24) is 5.32 Å². The third-order valence-electron chi connectivity index (χ3n) is 3.99. The number of rotatable bonds is 7. The van der Waals surface area contributed by atoms with Crippen LogP contribution in [0.15, 0.2) is 71.6 Å². The van der Waals surface area contributed by atoms with Crippen molar-refractivity contribution < 1.29 is 9.53 Å². The molecule has 0 aromatic heterocycles. The number of carbonyl (C=O) groups excluding carboxylic acids is 1. The first kappa shape index (κ1) is 17.4. The van der Waals surface area contributed by atoms with Gasteiger partial charge in [0.2, 0.25) is 5.91 Å². The van der Waals surface area contributed by atoms with E-state index in [9.17, 15) is 4.79 Å². The zero-order chi connectivity index (χ0) is 17.5. The first-order valence-electron chi connectivity index (χ1n) is 8.26. The van der Waals surface area contributed by atoms with Crippen molar-refractivity contribution >= 4 is 28.4 Å². The highest BCUT2D eigenvalue weighted by Gasteiger charge is 2.04. The summed E-state index contributed by atoms with van der Waals surface area (Å²) < 4.78 is 5.14. The predicted octanol–water partition coefficient (Wildman–Crippen LogP) is 4.30. The Morgan fingerprint density at radius 3 is 2.52 bits per heavy atom. The molecule has 3 aromatic rings. The number of nitrogens with one attached hydrogen (secondary N) is 1. The van der Waals surface area contributed by atoms with Crippen LogP contribution in [0.1, 0.15) is 5.56 Å². The Labute approximate surface area is 152 Å². The van der Waals surface area contributed by atoms with Gasteiger partial charge in [-0.05, 0) is 47.0 Å². The molecule has 128 valence electrons. The minimum Gasteiger partial charge on any atom is -0.497 e. The Bertz CT molecular complexity index is 846. The number of hydrogen-bond acceptors (Lipinski definition) is 3. The van der Waals surface area contributed by atoms with E-state index in [1.165, 1.54) is 16.3 Å². The molecule has 1 N–H and O–H groups in total. The summed E-state index contributed by atoms with van der Waals surface area (Å²) in [7, 11) is 1.66. The lowest BCUT2D eigenvalue weighted by molar-refractivity contribution is -0.118. The van der Waals surface area contributed by atoms with Gasteiger partial charge in [0.15, 0.2) is 0 Å². The monoisotopic (exact) mass is 351 g/mol. The van der Waals surface area contributed by atoms with Crippen molar-refractivity contribution in [2.45, 2.75) is 11.3 Å². The fourth-order valence-electron chi connectivity index (χ4n) is 2.60. The van der Waals surface area contributed by atoms with E-state index in [-0.39, 0.29) is 5.91 Å². The van der Waals surface area contributed by atoms with Crippen LogP contribution in [-0.2, 0) is 11.2 Å². The van der Waals surface area contributed by atoms with Gasteiger partial charge in [0.25, 0.3) is 0 Å². The van der Waals surface area contributed by atoms with Crippen LogP contribution in [0, 0.1) is 0 Å². The first-order valence-corrected chi connectivity index (χ1v) is 9.24. The zero-order valence-electron chi connectivity index (χ0n) is 14.2. The average molecular weight is 351 g/mol. The molecule has 0 aliphatic heterocycles. The fraction of sp³-hybridized carbons (Fsp3) is 0.190. The van der Waals surface area contributed by atoms with Crippen molar-refractivity contribution in [1.29, 1.82) is 0 Å². The van der Waals surface area contributed by atoms with Gasteiger partial charge in [-0.3, -0.25) is 4.79 Å². The van der Waals surface area contributed by atoms with E-state index in [0.29, 0.717) is 12.3 Å². The van der Waals surface area contributed by atoms with Crippen molar-refractivity contribution in [2.24, 2.45) is 0 Å². The summed E-state index contributed by atoms with van der Waals surface area (Å²) in [6, 6.07) is 22.5. The van der Waals surface area contributed by atoms with Gasteiger partial charge >= 0.3 is 0 Å². The molecule has 0 bridgehead atoms. The summed E-state index contributed by atoms with van der Waals surface area (Å²) >= 11 is 1.57. The summed E-state index contributed by atoms with van der Waals surface area (Å²) in [6.07, 6.45) is 0.816. The summed E-state index contributed by atoms with van der Waals surface area (Å²) in [5.74, 6) is 1.34. The SMILES string of the molecule is COc1ccc(CCNC(=O)CSc2ccc3ccccc3c2)cc1. The van der Waals surface area contributed by atoms with Crippen LogP contribution >= 0.6 is 11.8 Å². The number of amides is 1. The molecule has 0 radical (unpaired) electrons. The molecule has 0 saturated carbocycles. The molecule has 1 amide bonds. The second-order valence-electron chi connectivity index (χ2n) is 5.75. The van der Waals surface area contributed by atoms with Gasteiger partial charge in [-0.25, -0.2) is 0 Å². The van der Waals surface area contributed by atoms with E-state index in [1.807, 2.05) is 36.4 Å². The van der Waals surface area contributed by atoms with Gasteiger partial charge in [0, 0.05) is 11.4 Å². The largest absolute Gasteiger partial charge is 0.497 e. The molecule has 0 spiro atoms. The number of carbonyl (C=O) groups is 1. The molecular weight excluding hydrogens is 330 g/mol. The molecule has 0 fully saturated rings. The Hall–Kier alpha value is -2.46. The molecule has 0 aliphatic carbocycles. The van der Waals surface area contributed by atoms with Gasteiger partial charge in [-0.1, -0.05) is 42.5 Å². The maximum atomic E-state index is 12.0. The van der Waals surface area contributed by atoms with Gasteiger partial charge in [0.05, 0.1) is 12.9 Å². The van der Waals surface area contributed by atoms with E-state index in [4.69, 9.17) is 4.74 Å². The first-order chi connectivity index (χ1) is 12.2. The number of hydrogen-bond donors (Lipinski definition) is 1. The lowest BCUT2D eigenvalue weighted by Gasteiger charge is -2.07. The molecular formula is C21H21NO2S. The smallest absolute Gasteiger partial charge is 0.230 e. The van der Waals surface area contributed by atoms with E-state index in [2.05, 4.69) is 35.6 Å². The van der Waals surface area contributed by atoms with E-state index >= 15 is 0 Å². The maximum absolute atomic E-state index is 12.0. The number of thioether (sulfide) groups is 1. The number of fused-ring (bicyclic) bond motifs is 1. The molecule has 4 heteroatoms. The third-order valence-corrected chi connectivity index (χ3v) is 4.98. The Morgan fingerprint density at radius 2 is 1.76 bits per heavy atom. The second-order valence-corrected chi connectivity index (χ2v) is 6.79. The number of methoxy groups -OCH3 is 1. The molecule has 0 atom stereocenters. The molecule has 25 heavy (non-hydrogen) atoms. The highest BCUT2D eigenvalue weighted by atomic mass is 32.2. The summed E-state index contributed by atoms with van der Waals surface area (Å²) in [5, 5.41) is 5.40. The van der Waals surface area contributed by atoms with Crippen LogP contribution in [0.5, 0.6) is 5.75 Å². The number of benzene rings is 3. The van der Waals surface area contributed by atoms with Gasteiger partial charge in [0.1, 0.15) is 5.75 Å². The Kier molecular flexibility index (Phi) is 5.96. The van der Waals surface area contributed by atoms with Crippen molar-refractivity contribution in [3.63, 3.8) is 0 Å². The van der Waals surface area contributed by atoms with Crippen molar-refractivity contribution in [2.75, 3.05) is 19.4 Å². The second kappa shape index (κ2) is 8.58. The molecule has 0 saturated heterocycles. The molecule has 3 nitrogen and oxygen atoms in total. The van der Waals surface area contributed by atoms with E-state index in [0.717, 1.165) is 17.1 Å². The lowest BCUT2D eigenvalue weighted by atomic mass is 10.1. The van der Waals surface area contributed by atoms with Crippen LogP contribution in [0.3, 0.4) is 0 Å². The van der Waals surface area contributed by atoms with Crippen molar-refractivity contribution in [3.05, 3.63) is 72.3 Å². The Balaban J connectivity index is 1.43. The standard InChI is InChI=1S/C21H21NO2S/c1-24-19-9-6-16(7-10-19)12-13-22-21(23)15-25-20-11-8-17-4-2-3-5-18(17)14-20/h2-11,14H,12-13,15H2,1H3,(H,22,23). The van der Waals surface area contributed by atoms with Crippen LogP contribution in [0.2, 0.25) is 0 Å². The van der Waals surface area contributed by atoms with Crippen LogP contribution in [0.4, 0.5) is 0 Å². The molecule has 0 unspecified atom stereocenters. The third kappa shape index (κ3) is 5.00. The molecule has 0 heterocycles. The maximum Gasteiger partial charge on any atom is 0.230 e. The minimum absolute atomic E-state index is 0.0617. The van der Waals surface area contributed by atoms with Crippen LogP contribution in [0.25, 0.3) is 10.8 Å². The van der Waals surface area contributed by atoms with Crippen molar-refractivity contribution in [3.8, 4) is 5.75 Å². The molecule has 3 aromatic carbocycles. The fourth-order valence-corrected chi connectivity index (χ4v) is 3.37. The van der Waals surface area contributed by atoms with Crippen LogP contribution in [-0.4, -0.2) is 25.3 Å². The summed E-state index contributed by atoms with van der Waals surface area (Å²) in [5.41, 5.74) is 1.18. The van der Waals surface area contributed by atoms with Gasteiger partial charge in [-0.15, -0.1) is 11.8 Å². The predicted molar refractivity (Wildman–Crippen MR) is 104 cm³/mol. The minimum atomic E-state index is 0.0617. The van der Waals surface area contributed by atoms with Gasteiger partial charge in [-0.2, -0.15) is 0 Å². The molecule has 3 rings (SSSR count). The highest BCUT2D eigenvalue weighted by Crippen LogP contribution is 2.23. The average Bonchev–Trinajstić information content (AvgIpc) is 2.67. The quantitative estimate of drug-likeness (QED) is 0.645. The Morgan fingerprint density at radius 1 is 1.00 bits per heavy atom. The topological polar surface area (TPSA) is 38.3 Å².